The fraction of sp³-hybridized carbons (Fsp3) is 0.333. The van der Waals surface area contributed by atoms with Crippen molar-refractivity contribution in [3.63, 3.8) is 0 Å². The number of nitrogens with two attached hydrogens (primary N) is 1. The number of rotatable bonds is 4. The number of carbonyl (C=O) groups excluding carboxylic acids is 4. The molecular weight excluding hydrogens is 530 g/mol. The molecule has 0 radical (unpaired) electrons. The van der Waals surface area contributed by atoms with Crippen molar-refractivity contribution in [2.24, 2.45) is 17.6 Å². The van der Waals surface area contributed by atoms with Gasteiger partial charge in [-0.05, 0) is 67.7 Å². The van der Waals surface area contributed by atoms with Gasteiger partial charge in [0.25, 0.3) is 11.8 Å². The Bertz CT molecular complexity index is 1600. The molecule has 4 atom stereocenters. The van der Waals surface area contributed by atoms with Crippen molar-refractivity contribution in [3.05, 3.63) is 70.0 Å². The normalized spacial score (nSPS) is 25.6. The Morgan fingerprint density at radius 1 is 1.02 bits per heavy atom. The molecule has 0 unspecified atom stereocenters. The molecule has 2 aromatic rings. The molecule has 41 heavy (non-hydrogen) atoms. The summed E-state index contributed by atoms with van der Waals surface area (Å²) in [5, 5.41) is 44.9. The van der Waals surface area contributed by atoms with Crippen molar-refractivity contribution in [3.8, 4) is 16.9 Å². The molecule has 11 nitrogen and oxygen atoms in total. The van der Waals surface area contributed by atoms with E-state index in [1.807, 2.05) is 0 Å². The number of amides is 2. The second-order valence-corrected chi connectivity index (χ2v) is 11.2. The van der Waals surface area contributed by atoms with Gasteiger partial charge in [-0.25, -0.2) is 0 Å². The Hall–Kier alpha value is -4.48. The minimum Gasteiger partial charge on any atom is -0.508 e. The first kappa shape index (κ1) is 28.1. The molecule has 0 aromatic heterocycles. The van der Waals surface area contributed by atoms with E-state index in [2.05, 4.69) is 0 Å². The van der Waals surface area contributed by atoms with Crippen LogP contribution < -0.4 is 5.73 Å². The molecule has 6 N–H and O–H groups in total. The maximum atomic E-state index is 14.0. The Kier molecular flexibility index (Phi) is 6.55. The Morgan fingerprint density at radius 3 is 2.32 bits per heavy atom. The molecule has 0 spiro atoms. The Labute approximate surface area is 235 Å². The average molecular weight is 562 g/mol. The highest BCUT2D eigenvalue weighted by Gasteiger charge is 2.64. The number of phenols is 1. The average Bonchev–Trinajstić information content (AvgIpc) is 2.90. The summed E-state index contributed by atoms with van der Waals surface area (Å²) in [4.78, 5) is 54.9. The van der Waals surface area contributed by atoms with Crippen LogP contribution >= 0.6 is 0 Å². The Morgan fingerprint density at radius 2 is 1.71 bits per heavy atom. The van der Waals surface area contributed by atoms with Gasteiger partial charge >= 0.3 is 0 Å². The minimum atomic E-state index is -2.70. The van der Waals surface area contributed by atoms with Crippen molar-refractivity contribution < 1.29 is 39.6 Å². The van der Waals surface area contributed by atoms with Crippen LogP contribution in [-0.4, -0.2) is 93.4 Å². The maximum absolute atomic E-state index is 14.0. The summed E-state index contributed by atoms with van der Waals surface area (Å²) in [5.41, 5.74) is 3.79. The Balaban J connectivity index is 1.71. The number of aliphatic hydroxyl groups is 3. The molecule has 5 rings (SSSR count). The van der Waals surface area contributed by atoms with Crippen molar-refractivity contribution >= 4 is 29.1 Å². The number of nitrogens with zero attached hydrogens (tertiary/aromatic N) is 2. The number of likely N-dealkylation sites (N-methyl/N-ethyl adjacent to an activating group) is 1. The van der Waals surface area contributed by atoms with E-state index in [1.165, 1.54) is 15.9 Å². The van der Waals surface area contributed by atoms with Crippen LogP contribution in [0.1, 0.15) is 27.9 Å². The van der Waals surface area contributed by atoms with Crippen LogP contribution in [-0.2, 0) is 20.8 Å². The summed E-state index contributed by atoms with van der Waals surface area (Å²) in [7, 11) is 6.37. The number of hydrogen-bond donors (Lipinski definition) is 5. The van der Waals surface area contributed by atoms with Gasteiger partial charge in [0.1, 0.15) is 22.8 Å². The smallest absolute Gasteiger partial charge is 0.255 e. The number of hydrogen-bond acceptors (Lipinski definition) is 9. The van der Waals surface area contributed by atoms with E-state index in [4.69, 9.17) is 5.73 Å². The number of ketones is 2. The molecule has 0 heterocycles. The van der Waals surface area contributed by atoms with Crippen LogP contribution in [0.5, 0.6) is 5.75 Å². The summed E-state index contributed by atoms with van der Waals surface area (Å²) >= 11 is 0. The van der Waals surface area contributed by atoms with Gasteiger partial charge in [0, 0.05) is 31.1 Å². The van der Waals surface area contributed by atoms with E-state index < -0.39 is 58.0 Å². The van der Waals surface area contributed by atoms with Crippen molar-refractivity contribution in [2.75, 3.05) is 28.2 Å². The molecular formula is C30H31N3O8. The van der Waals surface area contributed by atoms with Crippen molar-refractivity contribution in [1.29, 1.82) is 0 Å². The van der Waals surface area contributed by atoms with Gasteiger partial charge in [-0.15, -0.1) is 0 Å². The van der Waals surface area contributed by atoms with E-state index >= 15 is 0 Å². The van der Waals surface area contributed by atoms with Crippen molar-refractivity contribution in [1.82, 2.24) is 9.80 Å². The molecule has 0 bridgehead atoms. The van der Waals surface area contributed by atoms with Gasteiger partial charge in [-0.3, -0.25) is 24.1 Å². The lowest BCUT2D eigenvalue weighted by atomic mass is 9.57. The lowest BCUT2D eigenvalue weighted by Gasteiger charge is -2.50. The van der Waals surface area contributed by atoms with E-state index in [9.17, 15) is 39.6 Å². The molecule has 3 aliphatic rings. The van der Waals surface area contributed by atoms with Crippen LogP contribution in [0, 0.1) is 11.8 Å². The maximum Gasteiger partial charge on any atom is 0.255 e. The van der Waals surface area contributed by atoms with E-state index in [0.717, 1.165) is 0 Å². The molecule has 214 valence electrons. The van der Waals surface area contributed by atoms with Gasteiger partial charge < -0.3 is 31.1 Å². The van der Waals surface area contributed by atoms with E-state index in [-0.39, 0.29) is 35.6 Å². The summed E-state index contributed by atoms with van der Waals surface area (Å²) in [5.74, 6) is -7.25. The predicted octanol–water partition coefficient (Wildman–Crippen LogP) is 1.33. The first-order valence-corrected chi connectivity index (χ1v) is 13.0. The first-order chi connectivity index (χ1) is 19.2. The number of Topliss-reactive ketones (excluding diaryl/α,β-unsaturated/α-hetero) is 2. The topological polar surface area (TPSA) is 182 Å². The highest BCUT2D eigenvalue weighted by atomic mass is 16.3. The molecule has 0 aliphatic heterocycles. The number of aliphatic hydroxyl groups excluding tert-OH is 2. The monoisotopic (exact) mass is 561 g/mol. The molecule has 1 fully saturated rings. The molecule has 1 saturated carbocycles. The molecule has 2 amide bonds. The van der Waals surface area contributed by atoms with Crippen LogP contribution in [0.4, 0.5) is 0 Å². The fourth-order valence-corrected chi connectivity index (χ4v) is 6.59. The molecule has 3 aliphatic carbocycles. The number of primary amides is 1. The number of carbonyl (C=O) groups is 4. The first-order valence-electron chi connectivity index (χ1n) is 13.0. The molecule has 11 heteroatoms. The lowest BCUT2D eigenvalue weighted by molar-refractivity contribution is -0.153. The SMILES string of the molecule is CN(C)C(=O)c1cccc(-c2ccc(O)c3c2C[C@@H]2C[C@@H]4[C@H](N(C)C)C(=O)C(C(N)=O)=C(O)[C@@]4(O)C(=O)C2=C3O)c1. The lowest BCUT2D eigenvalue weighted by Crippen LogP contribution is -2.65. The standard InChI is InChI=1S/C30H31N3O8/c1-32(2)23-18-12-15-11-17-16(13-6-5-7-14(10-13)29(40)33(3)4)8-9-19(34)21(17)24(35)20(15)26(37)30(18,41)27(38)22(25(23)36)28(31)39/h5-10,15,18,23,34-35,38,41H,11-12H2,1-4H3,(H2,31,39)/t15-,18-,23+,30+/m1/s1. The highest BCUT2D eigenvalue weighted by Crippen LogP contribution is 2.53. The summed E-state index contributed by atoms with van der Waals surface area (Å²) in [6.07, 6.45) is 0.129. The third-order valence-corrected chi connectivity index (χ3v) is 8.43. The number of fused-ring (bicyclic) bond motifs is 3. The van der Waals surface area contributed by atoms with Gasteiger partial charge in [-0.1, -0.05) is 18.2 Å². The summed E-state index contributed by atoms with van der Waals surface area (Å²) in [6, 6.07) is 8.75. The van der Waals surface area contributed by atoms with Crippen LogP contribution in [0.2, 0.25) is 0 Å². The van der Waals surface area contributed by atoms with Crippen molar-refractivity contribution in [2.45, 2.75) is 24.5 Å². The van der Waals surface area contributed by atoms with Crippen LogP contribution in [0.15, 0.2) is 53.3 Å². The van der Waals surface area contributed by atoms with Gasteiger partial charge in [0.2, 0.25) is 5.78 Å². The van der Waals surface area contributed by atoms with E-state index in [0.29, 0.717) is 22.3 Å². The molecule has 0 saturated heterocycles. The van der Waals surface area contributed by atoms with Gasteiger partial charge in [-0.2, -0.15) is 0 Å². The number of aromatic hydroxyl groups is 1. The highest BCUT2D eigenvalue weighted by molar-refractivity contribution is 6.24. The fourth-order valence-electron chi connectivity index (χ4n) is 6.59. The number of benzene rings is 2. The summed E-state index contributed by atoms with van der Waals surface area (Å²) < 4.78 is 0. The molecule has 2 aromatic carbocycles. The van der Waals surface area contributed by atoms with E-state index in [1.54, 1.807) is 58.5 Å². The van der Waals surface area contributed by atoms with Crippen LogP contribution in [0.25, 0.3) is 16.9 Å². The zero-order valence-electron chi connectivity index (χ0n) is 23.0. The zero-order chi connectivity index (χ0) is 30.1. The third-order valence-electron chi connectivity index (χ3n) is 8.43. The second-order valence-electron chi connectivity index (χ2n) is 11.2. The number of phenolic OH excluding ortho intramolecular Hbond substituents is 1. The van der Waals surface area contributed by atoms with Gasteiger partial charge in [0.05, 0.1) is 11.6 Å². The third kappa shape index (κ3) is 3.95. The minimum absolute atomic E-state index is 0.0110. The summed E-state index contributed by atoms with van der Waals surface area (Å²) in [6.45, 7) is 0. The second kappa shape index (κ2) is 9.57. The quantitative estimate of drug-likeness (QED) is 0.344. The predicted molar refractivity (Wildman–Crippen MR) is 148 cm³/mol. The zero-order valence-corrected chi connectivity index (χ0v) is 23.0. The van der Waals surface area contributed by atoms with Crippen LogP contribution in [0.3, 0.4) is 0 Å². The van der Waals surface area contributed by atoms with Gasteiger partial charge in [0.15, 0.2) is 11.4 Å². The largest absolute Gasteiger partial charge is 0.508 e.